The van der Waals surface area contributed by atoms with Gasteiger partial charge in [0.25, 0.3) is 5.91 Å². The normalized spacial score (nSPS) is 28.8. The number of amidine groups is 2. The maximum absolute atomic E-state index is 15.3. The number of likely N-dealkylation sites (tertiary alicyclic amines) is 1. The van der Waals surface area contributed by atoms with Crippen molar-refractivity contribution in [2.45, 2.75) is 44.5 Å². The molecule has 8 nitrogen and oxygen atoms in total. The van der Waals surface area contributed by atoms with Gasteiger partial charge >= 0.3 is 0 Å². The Hall–Kier alpha value is -3.81. The summed E-state index contributed by atoms with van der Waals surface area (Å²) in [5.74, 6) is 3.78. The molecule has 1 amide bonds. The molecule has 0 radical (unpaired) electrons. The number of hydrogen-bond donors (Lipinski definition) is 2. The molecule has 1 aromatic rings. The number of benzene rings is 1. The summed E-state index contributed by atoms with van der Waals surface area (Å²) in [5.41, 5.74) is 8.30. The van der Waals surface area contributed by atoms with Gasteiger partial charge in [0.1, 0.15) is 11.9 Å². The number of ether oxygens (including phenoxy) is 1. The Bertz CT molecular complexity index is 1430. The van der Waals surface area contributed by atoms with Crippen LogP contribution in [0.4, 0.5) is 14.5 Å². The minimum Gasteiger partial charge on any atom is -0.370 e. The molecule has 220 valence electrons. The third-order valence-corrected chi connectivity index (χ3v) is 8.86. The maximum Gasteiger partial charge on any atom is 0.254 e. The first kappa shape index (κ1) is 28.3. The van der Waals surface area contributed by atoms with Crippen molar-refractivity contribution >= 4 is 23.3 Å². The van der Waals surface area contributed by atoms with Gasteiger partial charge in [0, 0.05) is 48.2 Å². The average Bonchev–Trinajstić information content (AvgIpc) is 3.64. The minimum atomic E-state index is -1.88. The largest absolute Gasteiger partial charge is 0.370 e. The maximum atomic E-state index is 15.3. The summed E-state index contributed by atoms with van der Waals surface area (Å²) in [4.78, 5) is 25.9. The van der Waals surface area contributed by atoms with Gasteiger partial charge in [-0.2, -0.15) is 0 Å². The summed E-state index contributed by atoms with van der Waals surface area (Å²) in [6.07, 6.45) is 11.8. The number of aliphatic imine (C=N–C) groups is 2. The van der Waals surface area contributed by atoms with E-state index in [1.807, 2.05) is 30.0 Å². The molecule has 3 aliphatic heterocycles. The van der Waals surface area contributed by atoms with Gasteiger partial charge in [-0.15, -0.1) is 12.3 Å². The van der Waals surface area contributed by atoms with Crippen molar-refractivity contribution in [3.05, 3.63) is 65.3 Å². The van der Waals surface area contributed by atoms with Gasteiger partial charge in [-0.05, 0) is 68.3 Å². The Morgan fingerprint density at radius 2 is 2.12 bits per heavy atom. The van der Waals surface area contributed by atoms with Crippen LogP contribution in [0.3, 0.4) is 0 Å². The van der Waals surface area contributed by atoms with Crippen LogP contribution in [-0.2, 0) is 4.74 Å². The Labute approximate surface area is 245 Å². The van der Waals surface area contributed by atoms with Crippen LogP contribution in [0.5, 0.6) is 0 Å². The first-order valence-corrected chi connectivity index (χ1v) is 14.6. The topological polar surface area (TPSA) is 95.5 Å². The van der Waals surface area contributed by atoms with E-state index in [0.29, 0.717) is 36.3 Å². The van der Waals surface area contributed by atoms with Gasteiger partial charge in [-0.1, -0.05) is 12.2 Å². The summed E-state index contributed by atoms with van der Waals surface area (Å²) in [7, 11) is 0. The molecule has 2 fully saturated rings. The van der Waals surface area contributed by atoms with E-state index in [9.17, 15) is 4.79 Å². The second kappa shape index (κ2) is 11.8. The number of alkyl halides is 1. The smallest absolute Gasteiger partial charge is 0.254 e. The van der Waals surface area contributed by atoms with Gasteiger partial charge in [-0.3, -0.25) is 9.79 Å². The molecular weight excluding hydrogens is 538 g/mol. The summed E-state index contributed by atoms with van der Waals surface area (Å²) in [5, 5.41) is 3.30. The van der Waals surface area contributed by atoms with Gasteiger partial charge < -0.3 is 25.6 Å². The summed E-state index contributed by atoms with van der Waals surface area (Å²) >= 11 is 0. The van der Waals surface area contributed by atoms with Crippen LogP contribution in [-0.4, -0.2) is 78.5 Å². The number of piperidine rings is 1. The van der Waals surface area contributed by atoms with Crippen molar-refractivity contribution in [3.8, 4) is 12.3 Å². The number of hydrogen-bond acceptors (Lipinski definition) is 7. The fraction of sp³-hybridized carbons (Fsp3) is 0.469. The number of anilines is 1. The monoisotopic (exact) mass is 574 g/mol. The molecule has 5 atom stereocenters. The Kier molecular flexibility index (Phi) is 7.97. The van der Waals surface area contributed by atoms with E-state index in [-0.39, 0.29) is 29.9 Å². The first-order valence-electron chi connectivity index (χ1n) is 14.6. The lowest BCUT2D eigenvalue weighted by Crippen LogP contribution is -2.42. The fourth-order valence-electron chi connectivity index (χ4n) is 6.06. The van der Waals surface area contributed by atoms with Crippen LogP contribution >= 0.6 is 0 Å². The number of terminal acetylenes is 1. The molecule has 0 bridgehead atoms. The molecule has 0 spiro atoms. The lowest BCUT2D eigenvalue weighted by molar-refractivity contribution is 0.0245. The van der Waals surface area contributed by atoms with Crippen LogP contribution in [0, 0.1) is 37.0 Å². The van der Waals surface area contributed by atoms with E-state index >= 15 is 8.78 Å². The zero-order valence-corrected chi connectivity index (χ0v) is 23.7. The van der Waals surface area contributed by atoms with Crippen molar-refractivity contribution in [1.29, 1.82) is 0 Å². The highest BCUT2D eigenvalue weighted by molar-refractivity contribution is 6.45. The number of nitrogens with two attached hydrogens (primary N) is 1. The van der Waals surface area contributed by atoms with Gasteiger partial charge in [0.15, 0.2) is 17.8 Å². The van der Waals surface area contributed by atoms with Crippen molar-refractivity contribution < 1.29 is 18.3 Å². The summed E-state index contributed by atoms with van der Waals surface area (Å²) in [6.45, 7) is 4.59. The predicted molar refractivity (Wildman–Crippen MR) is 159 cm³/mol. The van der Waals surface area contributed by atoms with Gasteiger partial charge in [0.2, 0.25) is 0 Å². The van der Waals surface area contributed by atoms with Crippen LogP contribution < -0.4 is 11.1 Å². The van der Waals surface area contributed by atoms with Crippen LogP contribution in [0.1, 0.15) is 35.2 Å². The highest BCUT2D eigenvalue weighted by atomic mass is 19.2. The number of nitrogens with zero attached hydrogens (tertiary/aromatic N) is 4. The van der Waals surface area contributed by atoms with E-state index in [2.05, 4.69) is 21.2 Å². The molecule has 42 heavy (non-hydrogen) atoms. The lowest BCUT2D eigenvalue weighted by atomic mass is 9.95. The number of aryl methyl sites for hydroxylation is 1. The van der Waals surface area contributed by atoms with E-state index < -0.39 is 24.1 Å². The minimum absolute atomic E-state index is 0.0283. The average molecular weight is 575 g/mol. The summed E-state index contributed by atoms with van der Waals surface area (Å²) < 4.78 is 36.0. The Balaban J connectivity index is 1.09. The van der Waals surface area contributed by atoms with Crippen molar-refractivity contribution in [2.24, 2.45) is 33.5 Å². The molecule has 6 rings (SSSR count). The highest BCUT2D eigenvalue weighted by Gasteiger charge is 2.41. The first-order chi connectivity index (χ1) is 20.4. The SMILES string of the molecule is C#CC1CC1COC1C=CC(C2CN=C3C(Nc4ccc(C(=O)N5CCC(CN)CC5)c(C)c4)=NC=CN32)=C(F)C1F. The number of carbonyl (C=O) groups is 1. The summed E-state index contributed by atoms with van der Waals surface area (Å²) in [6, 6.07) is 5.08. The third-order valence-electron chi connectivity index (χ3n) is 8.86. The van der Waals surface area contributed by atoms with E-state index in [1.165, 1.54) is 0 Å². The van der Waals surface area contributed by atoms with Crippen molar-refractivity contribution in [2.75, 3.05) is 38.1 Å². The number of rotatable bonds is 7. The quantitative estimate of drug-likeness (QED) is 0.481. The fourth-order valence-corrected chi connectivity index (χ4v) is 6.06. The second-order valence-corrected chi connectivity index (χ2v) is 11.6. The number of fused-ring (bicyclic) bond motifs is 1. The molecule has 1 saturated carbocycles. The van der Waals surface area contributed by atoms with E-state index in [4.69, 9.17) is 16.9 Å². The predicted octanol–water partition coefficient (Wildman–Crippen LogP) is 3.97. The molecule has 2 aliphatic carbocycles. The van der Waals surface area contributed by atoms with Crippen molar-refractivity contribution in [3.63, 3.8) is 0 Å². The molecule has 3 N–H and O–H groups in total. The molecule has 5 aliphatic rings. The third kappa shape index (κ3) is 5.51. The number of carbonyl (C=O) groups excluding carboxylic acids is 1. The molecule has 10 heteroatoms. The number of nitrogens with one attached hydrogen (secondary N) is 1. The van der Waals surface area contributed by atoms with Gasteiger partial charge in [0.05, 0.1) is 19.2 Å². The lowest BCUT2D eigenvalue weighted by Gasteiger charge is -2.32. The Morgan fingerprint density at radius 1 is 1.31 bits per heavy atom. The second-order valence-electron chi connectivity index (χ2n) is 11.6. The Morgan fingerprint density at radius 3 is 2.83 bits per heavy atom. The zero-order chi connectivity index (χ0) is 29.4. The number of amides is 1. The molecule has 1 saturated heterocycles. The van der Waals surface area contributed by atoms with Crippen LogP contribution in [0.15, 0.2) is 64.1 Å². The standard InChI is InChI=1S/C32H36F2N6O2/c1-3-21-15-22(21)18-42-27-7-6-25(28(33)29(27)34)26-17-37-31-30(36-10-13-40(26)31)38-23-4-5-24(19(2)14-23)32(41)39-11-8-20(16-35)9-12-39/h1,4-7,10,13-14,20-22,26-27,29H,8-9,11-12,15-18,35H2,2H3,(H,36,38). The molecule has 1 aromatic carbocycles. The van der Waals surface area contributed by atoms with E-state index in [1.54, 1.807) is 29.5 Å². The van der Waals surface area contributed by atoms with Crippen LogP contribution in [0.2, 0.25) is 0 Å². The van der Waals surface area contributed by atoms with Crippen molar-refractivity contribution in [1.82, 2.24) is 9.80 Å². The van der Waals surface area contributed by atoms with E-state index in [0.717, 1.165) is 43.6 Å². The molecule has 5 unspecified atom stereocenters. The molecule has 3 heterocycles. The number of halogens is 2. The van der Waals surface area contributed by atoms with Crippen LogP contribution in [0.25, 0.3) is 0 Å². The highest BCUT2D eigenvalue weighted by Crippen LogP contribution is 2.39. The van der Waals surface area contributed by atoms with Gasteiger partial charge in [-0.25, -0.2) is 13.8 Å². The zero-order valence-electron chi connectivity index (χ0n) is 23.7. The molecular formula is C32H36F2N6O2. The molecule has 0 aromatic heterocycles.